The normalized spacial score (nSPS) is 17.2. The molecule has 1 saturated heterocycles. The minimum atomic E-state index is -3.92. The second-order valence-electron chi connectivity index (χ2n) is 7.19. The fourth-order valence-corrected chi connectivity index (χ4v) is 4.99. The molecule has 12 heteroatoms. The van der Waals surface area contributed by atoms with E-state index in [-0.39, 0.29) is 28.1 Å². The Balaban J connectivity index is 1.99. The molecule has 1 heterocycles. The molecule has 0 spiro atoms. The molecule has 11 nitrogen and oxygen atoms in total. The summed E-state index contributed by atoms with van der Waals surface area (Å²) < 4.78 is 37.6. The van der Waals surface area contributed by atoms with Crippen molar-refractivity contribution >= 4 is 21.4 Å². The first-order chi connectivity index (χ1) is 14.6. The maximum Gasteiger partial charge on any atom is 0.315 e. The van der Waals surface area contributed by atoms with Crippen molar-refractivity contribution in [3.8, 4) is 17.2 Å². The molecule has 1 aliphatic rings. The summed E-state index contributed by atoms with van der Waals surface area (Å²) in [4.78, 5) is 21.2. The maximum absolute atomic E-state index is 13.0. The first-order valence-electron chi connectivity index (χ1n) is 9.42. The Hall–Kier alpha value is -3.25. The Labute approximate surface area is 178 Å². The number of hydrogen-bond acceptors (Lipinski definition) is 8. The number of hydrogen-bond donors (Lipinski definition) is 0. The molecule has 166 valence electrons. The van der Waals surface area contributed by atoms with Crippen molar-refractivity contribution in [2.45, 2.75) is 24.7 Å². The zero-order valence-electron chi connectivity index (χ0n) is 16.9. The molecule has 2 aromatic rings. The van der Waals surface area contributed by atoms with Crippen LogP contribution in [0.2, 0.25) is 0 Å². The molecule has 0 amide bonds. The van der Waals surface area contributed by atoms with Crippen molar-refractivity contribution in [2.24, 2.45) is 5.92 Å². The van der Waals surface area contributed by atoms with Gasteiger partial charge in [0.05, 0.1) is 27.9 Å². The van der Waals surface area contributed by atoms with Crippen LogP contribution in [0.5, 0.6) is 17.2 Å². The van der Waals surface area contributed by atoms with Crippen LogP contribution in [-0.4, -0.2) is 42.8 Å². The second kappa shape index (κ2) is 8.86. The third-order valence-electron chi connectivity index (χ3n) is 4.97. The predicted molar refractivity (Wildman–Crippen MR) is 110 cm³/mol. The van der Waals surface area contributed by atoms with E-state index < -0.39 is 31.2 Å². The zero-order valence-corrected chi connectivity index (χ0v) is 17.7. The Morgan fingerprint density at radius 3 is 2.23 bits per heavy atom. The third kappa shape index (κ3) is 4.75. The Bertz CT molecular complexity index is 1120. The number of piperidine rings is 1. The summed E-state index contributed by atoms with van der Waals surface area (Å²) in [6.45, 7) is 2.63. The SMILES string of the molecule is COc1ccc(Oc2ccc(S(=O)(=O)N3CCC[C@@H](C)C3)cc2[N+](=O)[O-])c([N+](=O)[O-])c1. The summed E-state index contributed by atoms with van der Waals surface area (Å²) in [6, 6.07) is 7.03. The second-order valence-corrected chi connectivity index (χ2v) is 9.13. The van der Waals surface area contributed by atoms with Crippen molar-refractivity contribution in [3.63, 3.8) is 0 Å². The molecule has 0 saturated carbocycles. The first-order valence-corrected chi connectivity index (χ1v) is 10.9. The highest BCUT2D eigenvalue weighted by atomic mass is 32.2. The highest BCUT2D eigenvalue weighted by Crippen LogP contribution is 2.39. The average Bonchev–Trinajstić information content (AvgIpc) is 2.73. The van der Waals surface area contributed by atoms with Crippen LogP contribution in [0.3, 0.4) is 0 Å². The van der Waals surface area contributed by atoms with Crippen LogP contribution in [0, 0.1) is 26.1 Å². The Morgan fingerprint density at radius 2 is 1.65 bits per heavy atom. The zero-order chi connectivity index (χ0) is 22.8. The van der Waals surface area contributed by atoms with E-state index in [4.69, 9.17) is 9.47 Å². The van der Waals surface area contributed by atoms with Gasteiger partial charge in [0.15, 0.2) is 0 Å². The number of rotatable bonds is 7. The molecule has 1 aliphatic heterocycles. The minimum absolute atomic E-state index is 0.191. The molecule has 0 aliphatic carbocycles. The van der Waals surface area contributed by atoms with E-state index in [2.05, 4.69) is 0 Å². The molecular formula is C19H21N3O8S. The van der Waals surface area contributed by atoms with Gasteiger partial charge in [0.25, 0.3) is 0 Å². The van der Waals surface area contributed by atoms with E-state index in [1.54, 1.807) is 0 Å². The number of nitro benzene ring substituents is 2. The summed E-state index contributed by atoms with van der Waals surface area (Å²) >= 11 is 0. The predicted octanol–water partition coefficient (Wildman–Crippen LogP) is 3.72. The monoisotopic (exact) mass is 451 g/mol. The number of ether oxygens (including phenoxy) is 2. The summed E-state index contributed by atoms with van der Waals surface area (Å²) in [6.07, 6.45) is 1.63. The molecule has 2 aromatic carbocycles. The van der Waals surface area contributed by atoms with Gasteiger partial charge in [0.1, 0.15) is 5.75 Å². The van der Waals surface area contributed by atoms with Gasteiger partial charge in [-0.2, -0.15) is 4.31 Å². The van der Waals surface area contributed by atoms with Gasteiger partial charge in [-0.05, 0) is 43.0 Å². The molecule has 0 aromatic heterocycles. The van der Waals surface area contributed by atoms with Crippen LogP contribution in [0.4, 0.5) is 11.4 Å². The summed E-state index contributed by atoms with van der Waals surface area (Å²) in [5.74, 6) is -0.152. The van der Waals surface area contributed by atoms with Crippen LogP contribution in [0.25, 0.3) is 0 Å². The van der Waals surface area contributed by atoms with Crippen LogP contribution in [0.15, 0.2) is 41.3 Å². The molecule has 0 N–H and O–H groups in total. The van der Waals surface area contributed by atoms with E-state index >= 15 is 0 Å². The lowest BCUT2D eigenvalue weighted by Crippen LogP contribution is -2.39. The molecule has 3 rings (SSSR count). The van der Waals surface area contributed by atoms with Crippen LogP contribution < -0.4 is 9.47 Å². The molecule has 0 radical (unpaired) electrons. The smallest absolute Gasteiger partial charge is 0.315 e. The van der Waals surface area contributed by atoms with Gasteiger partial charge in [-0.3, -0.25) is 20.2 Å². The van der Waals surface area contributed by atoms with Gasteiger partial charge in [-0.15, -0.1) is 0 Å². The van der Waals surface area contributed by atoms with Crippen molar-refractivity contribution in [3.05, 3.63) is 56.6 Å². The minimum Gasteiger partial charge on any atom is -0.496 e. The molecule has 0 bridgehead atoms. The quantitative estimate of drug-likeness (QED) is 0.458. The Morgan fingerprint density at radius 1 is 1.03 bits per heavy atom. The lowest BCUT2D eigenvalue weighted by Gasteiger charge is -2.30. The molecule has 31 heavy (non-hydrogen) atoms. The third-order valence-corrected chi connectivity index (χ3v) is 6.83. The highest BCUT2D eigenvalue weighted by Gasteiger charge is 2.31. The molecule has 0 unspecified atom stereocenters. The standard InChI is InChI=1S/C19H21N3O8S/c1-13-4-3-9-20(12-13)31(27,28)15-6-8-19(17(11-15)22(25)26)30-18-7-5-14(29-2)10-16(18)21(23)24/h5-8,10-11,13H,3-4,9,12H2,1-2H3/t13-/m1/s1. The van der Waals surface area contributed by atoms with Crippen molar-refractivity contribution in [2.75, 3.05) is 20.2 Å². The first kappa shape index (κ1) is 22.4. The van der Waals surface area contributed by atoms with Crippen LogP contribution >= 0.6 is 0 Å². The summed E-state index contributed by atoms with van der Waals surface area (Å²) in [7, 11) is -2.58. The lowest BCUT2D eigenvalue weighted by atomic mass is 10.0. The van der Waals surface area contributed by atoms with Gasteiger partial charge in [0, 0.05) is 19.2 Å². The van der Waals surface area contributed by atoms with E-state index in [1.165, 1.54) is 29.6 Å². The van der Waals surface area contributed by atoms with Crippen molar-refractivity contribution < 1.29 is 27.7 Å². The van der Waals surface area contributed by atoms with Crippen LogP contribution in [0.1, 0.15) is 19.8 Å². The van der Waals surface area contributed by atoms with Crippen LogP contribution in [-0.2, 0) is 10.0 Å². The largest absolute Gasteiger partial charge is 0.496 e. The highest BCUT2D eigenvalue weighted by molar-refractivity contribution is 7.89. The van der Waals surface area contributed by atoms with E-state index in [0.717, 1.165) is 24.6 Å². The molecule has 1 fully saturated rings. The molecule has 1 atom stereocenters. The fraction of sp³-hybridized carbons (Fsp3) is 0.368. The fourth-order valence-electron chi connectivity index (χ4n) is 3.37. The number of nitro groups is 2. The number of sulfonamides is 1. The van der Waals surface area contributed by atoms with Crippen molar-refractivity contribution in [1.82, 2.24) is 4.31 Å². The van der Waals surface area contributed by atoms with Gasteiger partial charge >= 0.3 is 11.4 Å². The average molecular weight is 451 g/mol. The van der Waals surface area contributed by atoms with E-state index in [0.29, 0.717) is 19.5 Å². The van der Waals surface area contributed by atoms with E-state index in [1.807, 2.05) is 6.92 Å². The molecular weight excluding hydrogens is 430 g/mol. The summed E-state index contributed by atoms with van der Waals surface area (Å²) in [5.41, 5.74) is -1.07. The van der Waals surface area contributed by atoms with Gasteiger partial charge in [0.2, 0.25) is 21.5 Å². The number of benzene rings is 2. The Kier molecular flexibility index (Phi) is 6.41. The lowest BCUT2D eigenvalue weighted by molar-refractivity contribution is -0.387. The van der Waals surface area contributed by atoms with Crippen molar-refractivity contribution in [1.29, 1.82) is 0 Å². The number of nitrogens with zero attached hydrogens (tertiary/aromatic N) is 3. The summed E-state index contributed by atoms with van der Waals surface area (Å²) in [5, 5.41) is 22.9. The maximum atomic E-state index is 13.0. The van der Waals surface area contributed by atoms with Gasteiger partial charge in [-0.1, -0.05) is 6.92 Å². The number of methoxy groups -OCH3 is 1. The van der Waals surface area contributed by atoms with Gasteiger partial charge < -0.3 is 9.47 Å². The topological polar surface area (TPSA) is 142 Å². The van der Waals surface area contributed by atoms with Gasteiger partial charge in [-0.25, -0.2) is 8.42 Å². The van der Waals surface area contributed by atoms with E-state index in [9.17, 15) is 28.6 Å².